The average Bonchev–Trinajstić information content (AvgIpc) is 1.74. The Balaban J connectivity index is 2.70. The van der Waals surface area contributed by atoms with Crippen molar-refractivity contribution < 1.29 is 18.0 Å². The summed E-state index contributed by atoms with van der Waals surface area (Å²) < 4.78 is 36.7. The third-order valence-electron chi connectivity index (χ3n) is 2.11. The fourth-order valence-corrected chi connectivity index (χ4v) is 1.25. The van der Waals surface area contributed by atoms with Gasteiger partial charge in [0, 0.05) is 0 Å². The molecule has 12 heavy (non-hydrogen) atoms. The van der Waals surface area contributed by atoms with Gasteiger partial charge in [0.15, 0.2) is 0 Å². The summed E-state index contributed by atoms with van der Waals surface area (Å²) >= 11 is 0. The van der Waals surface area contributed by atoms with Gasteiger partial charge in [0.05, 0.1) is 0 Å². The van der Waals surface area contributed by atoms with Gasteiger partial charge >= 0.3 is 12.2 Å². The van der Waals surface area contributed by atoms with E-state index in [0.29, 0.717) is 6.42 Å². The number of urea groups is 1. The molecule has 0 saturated heterocycles. The molecule has 1 fully saturated rings. The predicted molar refractivity (Wildman–Crippen MR) is 35.4 cm³/mol. The Hall–Kier alpha value is -0.940. The number of hydrogen-bond acceptors (Lipinski definition) is 1. The van der Waals surface area contributed by atoms with Crippen LogP contribution in [0, 0.1) is 0 Å². The van der Waals surface area contributed by atoms with Crippen molar-refractivity contribution in [2.24, 2.45) is 5.73 Å². The van der Waals surface area contributed by atoms with Crippen molar-refractivity contribution in [3.63, 3.8) is 0 Å². The summed E-state index contributed by atoms with van der Waals surface area (Å²) in [5.41, 5.74) is 2.59. The van der Waals surface area contributed by atoms with Gasteiger partial charge < -0.3 is 11.1 Å². The van der Waals surface area contributed by atoms with Gasteiger partial charge in [-0.1, -0.05) is 0 Å². The van der Waals surface area contributed by atoms with Crippen molar-refractivity contribution in [3.05, 3.63) is 0 Å². The lowest BCUT2D eigenvalue weighted by atomic mass is 9.76. The van der Waals surface area contributed by atoms with E-state index in [0.717, 1.165) is 0 Å². The Kier molecular flexibility index (Phi) is 1.93. The second-order valence-electron chi connectivity index (χ2n) is 2.92. The largest absolute Gasteiger partial charge is 0.411 e. The zero-order valence-corrected chi connectivity index (χ0v) is 6.24. The van der Waals surface area contributed by atoms with Crippen LogP contribution in [-0.4, -0.2) is 17.7 Å². The third-order valence-corrected chi connectivity index (χ3v) is 2.11. The van der Waals surface area contributed by atoms with Crippen LogP contribution in [0.2, 0.25) is 0 Å². The highest BCUT2D eigenvalue weighted by Crippen LogP contribution is 2.44. The summed E-state index contributed by atoms with van der Waals surface area (Å²) in [6, 6.07) is -1.12. The summed E-state index contributed by atoms with van der Waals surface area (Å²) in [6.07, 6.45) is -4.06. The standard InChI is InChI=1S/C6H9F3N2O/c7-6(8,9)5(2-1-3-5)11-4(10)12/h1-3H2,(H3,10,11,12). The van der Waals surface area contributed by atoms with Crippen LogP contribution in [0.1, 0.15) is 19.3 Å². The van der Waals surface area contributed by atoms with E-state index in [4.69, 9.17) is 0 Å². The first-order valence-corrected chi connectivity index (χ1v) is 3.52. The maximum Gasteiger partial charge on any atom is 0.411 e. The van der Waals surface area contributed by atoms with E-state index in [1.807, 2.05) is 0 Å². The lowest BCUT2D eigenvalue weighted by Gasteiger charge is -2.42. The van der Waals surface area contributed by atoms with Crippen LogP contribution in [0.4, 0.5) is 18.0 Å². The maximum atomic E-state index is 12.2. The van der Waals surface area contributed by atoms with Gasteiger partial charge in [-0.05, 0) is 19.3 Å². The summed E-state index contributed by atoms with van der Waals surface area (Å²) in [7, 11) is 0. The quantitative estimate of drug-likeness (QED) is 0.627. The van der Waals surface area contributed by atoms with E-state index in [1.54, 1.807) is 5.32 Å². The smallest absolute Gasteiger partial charge is 0.352 e. The number of hydrogen-bond donors (Lipinski definition) is 2. The van der Waals surface area contributed by atoms with Gasteiger partial charge in [-0.15, -0.1) is 0 Å². The monoisotopic (exact) mass is 182 g/mol. The molecular weight excluding hydrogens is 173 g/mol. The molecular formula is C6H9F3N2O. The third kappa shape index (κ3) is 1.33. The minimum Gasteiger partial charge on any atom is -0.352 e. The van der Waals surface area contributed by atoms with E-state index in [2.05, 4.69) is 5.73 Å². The van der Waals surface area contributed by atoms with Gasteiger partial charge in [-0.25, -0.2) is 4.79 Å². The Bertz CT molecular complexity index is 197. The molecule has 2 amide bonds. The number of rotatable bonds is 1. The Morgan fingerprint density at radius 3 is 2.00 bits per heavy atom. The zero-order chi connectivity index (χ0) is 9.41. The lowest BCUT2D eigenvalue weighted by molar-refractivity contribution is -0.214. The van der Waals surface area contributed by atoms with E-state index >= 15 is 0 Å². The molecule has 0 aromatic heterocycles. The molecule has 0 atom stereocenters. The van der Waals surface area contributed by atoms with E-state index in [-0.39, 0.29) is 12.8 Å². The van der Waals surface area contributed by atoms with Crippen LogP contribution in [-0.2, 0) is 0 Å². The van der Waals surface area contributed by atoms with Gasteiger partial charge in [-0.2, -0.15) is 13.2 Å². The van der Waals surface area contributed by atoms with Gasteiger partial charge in [-0.3, -0.25) is 0 Å². The topological polar surface area (TPSA) is 55.1 Å². The van der Waals surface area contributed by atoms with Crippen molar-refractivity contribution in [1.29, 1.82) is 0 Å². The SMILES string of the molecule is NC(=O)NC1(C(F)(F)F)CCC1. The molecule has 1 aliphatic carbocycles. The molecule has 6 heteroatoms. The number of alkyl halides is 3. The van der Waals surface area contributed by atoms with Gasteiger partial charge in [0.2, 0.25) is 0 Å². The highest BCUT2D eigenvalue weighted by molar-refractivity contribution is 5.73. The molecule has 0 aromatic rings. The van der Waals surface area contributed by atoms with Crippen LogP contribution >= 0.6 is 0 Å². The highest BCUT2D eigenvalue weighted by Gasteiger charge is 2.59. The molecule has 1 rings (SSSR count). The number of carbonyl (C=O) groups is 1. The number of carbonyl (C=O) groups excluding carboxylic acids is 1. The van der Waals surface area contributed by atoms with Crippen molar-refractivity contribution in [2.75, 3.05) is 0 Å². The van der Waals surface area contributed by atoms with Gasteiger partial charge in [0.25, 0.3) is 0 Å². The molecule has 1 saturated carbocycles. The van der Waals surface area contributed by atoms with Crippen molar-refractivity contribution >= 4 is 6.03 Å². The minimum atomic E-state index is -4.39. The zero-order valence-electron chi connectivity index (χ0n) is 6.24. The molecule has 3 nitrogen and oxygen atoms in total. The van der Waals surface area contributed by atoms with Crippen molar-refractivity contribution in [2.45, 2.75) is 31.0 Å². The Labute approximate surface area is 67.1 Å². The Morgan fingerprint density at radius 1 is 1.42 bits per heavy atom. The number of nitrogens with two attached hydrogens (primary N) is 1. The summed E-state index contributed by atoms with van der Waals surface area (Å²) in [4.78, 5) is 10.3. The lowest BCUT2D eigenvalue weighted by Crippen LogP contribution is -2.64. The highest BCUT2D eigenvalue weighted by atomic mass is 19.4. The second-order valence-corrected chi connectivity index (χ2v) is 2.92. The van der Waals surface area contributed by atoms with Gasteiger partial charge in [0.1, 0.15) is 5.54 Å². The van der Waals surface area contributed by atoms with Crippen LogP contribution in [0.3, 0.4) is 0 Å². The summed E-state index contributed by atoms with van der Waals surface area (Å²) in [6.45, 7) is 0. The molecule has 0 heterocycles. The first-order chi connectivity index (χ1) is 5.37. The minimum absolute atomic E-state index is 0.0700. The van der Waals surface area contributed by atoms with Crippen LogP contribution in [0.15, 0.2) is 0 Å². The second kappa shape index (κ2) is 2.53. The predicted octanol–water partition coefficient (Wildman–Crippen LogP) is 1.14. The molecule has 0 bridgehead atoms. The number of halogens is 3. The van der Waals surface area contributed by atoms with Crippen LogP contribution < -0.4 is 11.1 Å². The number of nitrogens with one attached hydrogen (secondary N) is 1. The van der Waals surface area contributed by atoms with Crippen molar-refractivity contribution in [1.82, 2.24) is 5.32 Å². The average molecular weight is 182 g/mol. The molecule has 0 radical (unpaired) electrons. The summed E-state index contributed by atoms with van der Waals surface area (Å²) in [5, 5.41) is 1.75. The molecule has 1 aliphatic rings. The fourth-order valence-electron chi connectivity index (χ4n) is 1.25. The number of amides is 2. The fraction of sp³-hybridized carbons (Fsp3) is 0.833. The Morgan fingerprint density at radius 2 is 1.92 bits per heavy atom. The molecule has 0 aliphatic heterocycles. The molecule has 0 aromatic carbocycles. The molecule has 70 valence electrons. The number of primary amides is 1. The molecule has 0 spiro atoms. The van der Waals surface area contributed by atoms with Crippen LogP contribution in [0.5, 0.6) is 0 Å². The van der Waals surface area contributed by atoms with E-state index in [1.165, 1.54) is 0 Å². The van der Waals surface area contributed by atoms with Crippen molar-refractivity contribution in [3.8, 4) is 0 Å². The van der Waals surface area contributed by atoms with Crippen LogP contribution in [0.25, 0.3) is 0 Å². The first kappa shape index (κ1) is 9.15. The normalized spacial score (nSPS) is 21.2. The first-order valence-electron chi connectivity index (χ1n) is 3.52. The molecule has 3 N–H and O–H groups in total. The van der Waals surface area contributed by atoms with E-state index in [9.17, 15) is 18.0 Å². The molecule has 0 unspecified atom stereocenters. The maximum absolute atomic E-state index is 12.2. The summed E-state index contributed by atoms with van der Waals surface area (Å²) in [5.74, 6) is 0. The van der Waals surface area contributed by atoms with E-state index < -0.39 is 17.7 Å².